The summed E-state index contributed by atoms with van der Waals surface area (Å²) >= 11 is 13.9. The van der Waals surface area contributed by atoms with Crippen LogP contribution in [0.3, 0.4) is 0 Å². The van der Waals surface area contributed by atoms with Crippen LogP contribution in [0.1, 0.15) is 35.9 Å². The topological polar surface area (TPSA) is 55.1 Å². The van der Waals surface area contributed by atoms with Crippen LogP contribution >= 0.6 is 45.8 Å². The van der Waals surface area contributed by atoms with Crippen molar-refractivity contribution in [2.24, 2.45) is 0 Å². The first-order valence-corrected chi connectivity index (χ1v) is 7.63. The Morgan fingerprint density at radius 2 is 2.00 bits per heavy atom. The van der Waals surface area contributed by atoms with Crippen molar-refractivity contribution >= 4 is 51.8 Å². The maximum absolute atomic E-state index is 11.2. The lowest BCUT2D eigenvalue weighted by molar-refractivity contribution is 0.0689. The van der Waals surface area contributed by atoms with Crippen LogP contribution in [0.4, 0.5) is 0 Å². The molecular weight excluding hydrogens is 414 g/mol. The minimum absolute atomic E-state index is 0.0420. The van der Waals surface area contributed by atoms with Gasteiger partial charge in [-0.3, -0.25) is 0 Å². The molecule has 0 aliphatic rings. The van der Waals surface area contributed by atoms with Crippen LogP contribution in [0.5, 0.6) is 0 Å². The van der Waals surface area contributed by atoms with Gasteiger partial charge >= 0.3 is 5.97 Å². The molecule has 0 amide bonds. The van der Waals surface area contributed by atoms with Crippen LogP contribution < -0.4 is 0 Å². The third kappa shape index (κ3) is 2.80. The molecule has 4 nitrogen and oxygen atoms in total. The first kappa shape index (κ1) is 15.6. The SMILES string of the molecule is CC(C)c1c(I)c(C(=O)O)nn1-c1ccc(Cl)c(Cl)c1. The molecule has 0 bridgehead atoms. The Hall–Kier alpha value is -0.790. The Balaban J connectivity index is 2.69. The Bertz CT molecular complexity index is 683. The van der Waals surface area contributed by atoms with E-state index in [0.29, 0.717) is 19.3 Å². The number of nitrogens with zero attached hydrogens (tertiary/aromatic N) is 2. The molecule has 0 unspecified atom stereocenters. The first-order valence-electron chi connectivity index (χ1n) is 5.80. The molecule has 0 aliphatic carbocycles. The zero-order valence-electron chi connectivity index (χ0n) is 10.7. The van der Waals surface area contributed by atoms with Gasteiger partial charge in [-0.25, -0.2) is 9.48 Å². The number of benzene rings is 1. The monoisotopic (exact) mass is 424 g/mol. The maximum atomic E-state index is 11.2. The minimum Gasteiger partial charge on any atom is -0.476 e. The number of carbonyl (C=O) groups is 1. The molecule has 106 valence electrons. The van der Waals surface area contributed by atoms with Crippen molar-refractivity contribution in [3.63, 3.8) is 0 Å². The molecule has 1 heterocycles. The lowest BCUT2D eigenvalue weighted by Gasteiger charge is -2.11. The second-order valence-corrected chi connectivity index (χ2v) is 6.41. The predicted molar refractivity (Wildman–Crippen MR) is 87.3 cm³/mol. The number of rotatable bonds is 3. The highest BCUT2D eigenvalue weighted by molar-refractivity contribution is 14.1. The third-order valence-corrected chi connectivity index (χ3v) is 4.56. The lowest BCUT2D eigenvalue weighted by Crippen LogP contribution is -2.05. The smallest absolute Gasteiger partial charge is 0.357 e. The number of aromatic carboxylic acids is 1. The first-order chi connectivity index (χ1) is 9.32. The summed E-state index contributed by atoms with van der Waals surface area (Å²) in [5, 5.41) is 14.2. The maximum Gasteiger partial charge on any atom is 0.357 e. The fourth-order valence-corrected chi connectivity index (χ4v) is 3.34. The average Bonchev–Trinajstić information content (AvgIpc) is 2.70. The summed E-state index contributed by atoms with van der Waals surface area (Å²) in [7, 11) is 0. The van der Waals surface area contributed by atoms with E-state index < -0.39 is 5.97 Å². The highest BCUT2D eigenvalue weighted by atomic mass is 127. The normalized spacial score (nSPS) is 11.1. The number of aromatic nitrogens is 2. The zero-order chi connectivity index (χ0) is 15.0. The summed E-state index contributed by atoms with van der Waals surface area (Å²) < 4.78 is 2.24. The van der Waals surface area contributed by atoms with E-state index in [4.69, 9.17) is 23.2 Å². The predicted octanol–water partition coefficient (Wildman–Crippen LogP) is 4.61. The van der Waals surface area contributed by atoms with Gasteiger partial charge in [0.2, 0.25) is 0 Å². The Morgan fingerprint density at radius 1 is 1.35 bits per heavy atom. The van der Waals surface area contributed by atoms with Gasteiger partial charge < -0.3 is 5.11 Å². The average molecular weight is 425 g/mol. The molecule has 1 aromatic heterocycles. The highest BCUT2D eigenvalue weighted by Gasteiger charge is 2.23. The van der Waals surface area contributed by atoms with Crippen LogP contribution in [0.2, 0.25) is 10.0 Å². The second-order valence-electron chi connectivity index (χ2n) is 4.52. The standard InChI is InChI=1S/C13H11Cl2IN2O2/c1-6(2)12-10(16)11(13(19)20)17-18(12)7-3-4-8(14)9(15)5-7/h3-6H,1-2H3,(H,19,20). The van der Waals surface area contributed by atoms with Crippen molar-refractivity contribution < 1.29 is 9.90 Å². The molecule has 0 saturated carbocycles. The summed E-state index contributed by atoms with van der Waals surface area (Å²) in [5.41, 5.74) is 1.57. The number of hydrogen-bond acceptors (Lipinski definition) is 2. The van der Waals surface area contributed by atoms with Crippen molar-refractivity contribution in [3.05, 3.63) is 43.2 Å². The summed E-state index contributed by atoms with van der Waals surface area (Å²) in [5.74, 6) is -0.924. The second kappa shape index (κ2) is 5.91. The van der Waals surface area contributed by atoms with Crippen LogP contribution in [0.15, 0.2) is 18.2 Å². The molecule has 20 heavy (non-hydrogen) atoms. The minimum atomic E-state index is -1.05. The van der Waals surface area contributed by atoms with Crippen molar-refractivity contribution in [1.82, 2.24) is 9.78 Å². The van der Waals surface area contributed by atoms with Gasteiger partial charge in [0.25, 0.3) is 0 Å². The number of carboxylic acids is 1. The van der Waals surface area contributed by atoms with Crippen LogP contribution in [-0.4, -0.2) is 20.9 Å². The van der Waals surface area contributed by atoms with Crippen molar-refractivity contribution in [3.8, 4) is 5.69 Å². The molecule has 1 aromatic carbocycles. The molecule has 2 rings (SSSR count). The van der Waals surface area contributed by atoms with Gasteiger partial charge in [-0.2, -0.15) is 5.10 Å². The summed E-state index contributed by atoms with van der Waals surface area (Å²) in [6.45, 7) is 3.97. The van der Waals surface area contributed by atoms with Gasteiger partial charge in [0.05, 0.1) is 25.0 Å². The molecule has 0 radical (unpaired) electrons. The van der Waals surface area contributed by atoms with Gasteiger partial charge in [-0.05, 0) is 46.7 Å². The Kier molecular flexibility index (Phi) is 4.61. The van der Waals surface area contributed by atoms with Gasteiger partial charge in [-0.15, -0.1) is 0 Å². The van der Waals surface area contributed by atoms with Gasteiger partial charge in [-0.1, -0.05) is 37.0 Å². The fourth-order valence-electron chi connectivity index (χ4n) is 1.86. The van der Waals surface area contributed by atoms with Crippen LogP contribution in [0.25, 0.3) is 5.69 Å². The fraction of sp³-hybridized carbons (Fsp3) is 0.231. The highest BCUT2D eigenvalue weighted by Crippen LogP contribution is 2.30. The number of carboxylic acid groups (broad SMARTS) is 1. The molecule has 0 atom stereocenters. The molecule has 1 N–H and O–H groups in total. The molecular formula is C13H11Cl2IN2O2. The Labute approximate surface area is 139 Å². The molecule has 0 saturated heterocycles. The molecule has 0 fully saturated rings. The largest absolute Gasteiger partial charge is 0.476 e. The van der Waals surface area contributed by atoms with Gasteiger partial charge in [0.15, 0.2) is 5.69 Å². The van der Waals surface area contributed by atoms with Crippen molar-refractivity contribution in [2.45, 2.75) is 19.8 Å². The van der Waals surface area contributed by atoms with Crippen molar-refractivity contribution in [1.29, 1.82) is 0 Å². The third-order valence-electron chi connectivity index (χ3n) is 2.76. The number of halogens is 3. The van der Waals surface area contributed by atoms with E-state index >= 15 is 0 Å². The summed E-state index contributed by atoms with van der Waals surface area (Å²) in [6.07, 6.45) is 0. The quantitative estimate of drug-likeness (QED) is 0.732. The van der Waals surface area contributed by atoms with E-state index in [1.165, 1.54) is 0 Å². The summed E-state index contributed by atoms with van der Waals surface area (Å²) in [4.78, 5) is 11.2. The van der Waals surface area contributed by atoms with Crippen molar-refractivity contribution in [2.75, 3.05) is 0 Å². The van der Waals surface area contributed by atoms with Gasteiger partial charge in [0, 0.05) is 0 Å². The van der Waals surface area contributed by atoms with Gasteiger partial charge in [0.1, 0.15) is 0 Å². The van der Waals surface area contributed by atoms with E-state index in [1.54, 1.807) is 22.9 Å². The van der Waals surface area contributed by atoms with Crippen LogP contribution in [-0.2, 0) is 0 Å². The molecule has 7 heteroatoms. The molecule has 0 aliphatic heterocycles. The van der Waals surface area contributed by atoms with E-state index in [1.807, 2.05) is 36.4 Å². The molecule has 2 aromatic rings. The van der Waals surface area contributed by atoms with E-state index in [0.717, 1.165) is 5.69 Å². The zero-order valence-corrected chi connectivity index (χ0v) is 14.4. The van der Waals surface area contributed by atoms with Crippen LogP contribution in [0, 0.1) is 3.57 Å². The van der Waals surface area contributed by atoms with E-state index in [2.05, 4.69) is 5.10 Å². The van der Waals surface area contributed by atoms with E-state index in [-0.39, 0.29) is 11.6 Å². The van der Waals surface area contributed by atoms with E-state index in [9.17, 15) is 9.90 Å². The lowest BCUT2D eigenvalue weighted by atomic mass is 10.1. The number of hydrogen-bond donors (Lipinski definition) is 1. The summed E-state index contributed by atoms with van der Waals surface area (Å²) in [6, 6.07) is 5.09. The Morgan fingerprint density at radius 3 is 2.50 bits per heavy atom. The molecule has 0 spiro atoms.